The molecule has 1 nitrogen and oxygen atoms in total. The van der Waals surface area contributed by atoms with Gasteiger partial charge in [-0.2, -0.15) is 0 Å². The second-order valence-electron chi connectivity index (χ2n) is 5.35. The van der Waals surface area contributed by atoms with Gasteiger partial charge in [-0.25, -0.2) is 0 Å². The van der Waals surface area contributed by atoms with Crippen molar-refractivity contribution in [3.05, 3.63) is 0 Å². The molecule has 0 spiro atoms. The van der Waals surface area contributed by atoms with Gasteiger partial charge in [0.2, 0.25) is 0 Å². The van der Waals surface area contributed by atoms with E-state index in [1.165, 1.54) is 58.0 Å². The maximum Gasteiger partial charge on any atom is 0.0225 e. The Morgan fingerprint density at radius 2 is 2.12 bits per heavy atom. The zero-order valence-corrected chi connectivity index (χ0v) is 11.8. The molecule has 1 saturated heterocycles. The third kappa shape index (κ3) is 5.05. The van der Waals surface area contributed by atoms with Crippen LogP contribution in [0.25, 0.3) is 0 Å². The highest BCUT2D eigenvalue weighted by Crippen LogP contribution is 2.22. The molecule has 0 radical (unpaired) electrons. The first-order valence-corrected chi connectivity index (χ1v) is 7.61. The smallest absolute Gasteiger partial charge is 0.0225 e. The SMILES string of the molecule is CCCC1CCCCN1CCC(C)CCCl. The summed E-state index contributed by atoms with van der Waals surface area (Å²) in [4.78, 5) is 2.73. The van der Waals surface area contributed by atoms with Crippen molar-refractivity contribution >= 4 is 11.6 Å². The number of halogens is 1. The minimum absolute atomic E-state index is 0.793. The van der Waals surface area contributed by atoms with E-state index in [1.54, 1.807) is 0 Å². The van der Waals surface area contributed by atoms with E-state index >= 15 is 0 Å². The first-order chi connectivity index (χ1) is 7.77. The van der Waals surface area contributed by atoms with Crippen LogP contribution in [0.5, 0.6) is 0 Å². The van der Waals surface area contributed by atoms with Crippen molar-refractivity contribution in [2.75, 3.05) is 19.0 Å². The van der Waals surface area contributed by atoms with Crippen LogP contribution in [-0.2, 0) is 0 Å². The summed E-state index contributed by atoms with van der Waals surface area (Å²) in [6.45, 7) is 7.27. The zero-order valence-electron chi connectivity index (χ0n) is 11.1. The predicted molar refractivity (Wildman–Crippen MR) is 73.2 cm³/mol. The summed E-state index contributed by atoms with van der Waals surface area (Å²) in [5.41, 5.74) is 0. The number of alkyl halides is 1. The molecule has 96 valence electrons. The summed E-state index contributed by atoms with van der Waals surface area (Å²) in [6, 6.07) is 0.877. The largest absolute Gasteiger partial charge is 0.300 e. The third-order valence-corrected chi connectivity index (χ3v) is 4.10. The molecule has 0 aromatic heterocycles. The van der Waals surface area contributed by atoms with Gasteiger partial charge in [0.25, 0.3) is 0 Å². The Bertz CT molecular complexity index is 170. The molecule has 0 aromatic carbocycles. The van der Waals surface area contributed by atoms with E-state index in [2.05, 4.69) is 18.7 Å². The van der Waals surface area contributed by atoms with E-state index in [-0.39, 0.29) is 0 Å². The fourth-order valence-electron chi connectivity index (χ4n) is 2.73. The lowest BCUT2D eigenvalue weighted by molar-refractivity contribution is 0.131. The standard InChI is InChI=1S/C14H28ClN/c1-3-6-14-7-4-5-11-16(14)12-9-13(2)8-10-15/h13-14H,3-12H2,1-2H3. The summed E-state index contributed by atoms with van der Waals surface area (Å²) in [7, 11) is 0. The van der Waals surface area contributed by atoms with Gasteiger partial charge in [-0.15, -0.1) is 11.6 Å². The summed E-state index contributed by atoms with van der Waals surface area (Å²) in [5, 5.41) is 0. The fourth-order valence-corrected chi connectivity index (χ4v) is 3.10. The summed E-state index contributed by atoms with van der Waals surface area (Å²) in [5.74, 6) is 1.61. The number of nitrogens with zero attached hydrogens (tertiary/aromatic N) is 1. The zero-order chi connectivity index (χ0) is 11.8. The third-order valence-electron chi connectivity index (χ3n) is 3.88. The number of rotatable bonds is 7. The Labute approximate surface area is 107 Å². The molecule has 0 amide bonds. The highest BCUT2D eigenvalue weighted by molar-refractivity contribution is 6.17. The Hall–Kier alpha value is 0.250. The molecular formula is C14H28ClN. The molecule has 0 N–H and O–H groups in total. The van der Waals surface area contributed by atoms with Gasteiger partial charge in [0, 0.05) is 11.9 Å². The monoisotopic (exact) mass is 245 g/mol. The molecular weight excluding hydrogens is 218 g/mol. The molecule has 2 heteroatoms. The summed E-state index contributed by atoms with van der Waals surface area (Å²) >= 11 is 5.78. The van der Waals surface area contributed by atoms with Gasteiger partial charge in [-0.05, 0) is 51.1 Å². The molecule has 1 rings (SSSR count). The van der Waals surface area contributed by atoms with Gasteiger partial charge >= 0.3 is 0 Å². The topological polar surface area (TPSA) is 3.24 Å². The Morgan fingerprint density at radius 3 is 2.81 bits per heavy atom. The first-order valence-electron chi connectivity index (χ1n) is 7.08. The lowest BCUT2D eigenvalue weighted by Crippen LogP contribution is -2.40. The van der Waals surface area contributed by atoms with Crippen molar-refractivity contribution in [2.45, 2.75) is 64.8 Å². The Morgan fingerprint density at radius 1 is 1.31 bits per heavy atom. The van der Waals surface area contributed by atoms with Crippen molar-refractivity contribution in [2.24, 2.45) is 5.92 Å². The van der Waals surface area contributed by atoms with Gasteiger partial charge in [-0.3, -0.25) is 0 Å². The van der Waals surface area contributed by atoms with E-state index in [9.17, 15) is 0 Å². The molecule has 1 aliphatic heterocycles. The van der Waals surface area contributed by atoms with Crippen LogP contribution in [0, 0.1) is 5.92 Å². The van der Waals surface area contributed by atoms with Gasteiger partial charge in [0.05, 0.1) is 0 Å². The van der Waals surface area contributed by atoms with Crippen molar-refractivity contribution in [1.29, 1.82) is 0 Å². The molecule has 0 bridgehead atoms. The van der Waals surface area contributed by atoms with Crippen molar-refractivity contribution in [1.82, 2.24) is 4.90 Å². The van der Waals surface area contributed by atoms with Crippen LogP contribution in [0.2, 0.25) is 0 Å². The maximum atomic E-state index is 5.78. The lowest BCUT2D eigenvalue weighted by Gasteiger charge is -2.36. The van der Waals surface area contributed by atoms with Crippen LogP contribution in [0.3, 0.4) is 0 Å². The Balaban J connectivity index is 2.26. The maximum absolute atomic E-state index is 5.78. The minimum atomic E-state index is 0.793. The molecule has 0 saturated carbocycles. The van der Waals surface area contributed by atoms with Gasteiger partial charge in [0.1, 0.15) is 0 Å². The Kier molecular flexibility index (Phi) is 7.47. The van der Waals surface area contributed by atoms with Crippen LogP contribution in [-0.4, -0.2) is 29.9 Å². The minimum Gasteiger partial charge on any atom is -0.300 e. The molecule has 0 aliphatic carbocycles. The van der Waals surface area contributed by atoms with Crippen molar-refractivity contribution < 1.29 is 0 Å². The summed E-state index contributed by atoms with van der Waals surface area (Å²) < 4.78 is 0. The highest BCUT2D eigenvalue weighted by atomic mass is 35.5. The van der Waals surface area contributed by atoms with Gasteiger partial charge in [0.15, 0.2) is 0 Å². The molecule has 1 aliphatic rings. The molecule has 2 unspecified atom stereocenters. The molecule has 0 aromatic rings. The molecule has 1 fully saturated rings. The molecule has 16 heavy (non-hydrogen) atoms. The number of hydrogen-bond acceptors (Lipinski definition) is 1. The number of likely N-dealkylation sites (tertiary alicyclic amines) is 1. The first kappa shape index (κ1) is 14.3. The molecule has 2 atom stereocenters. The average Bonchev–Trinajstić information content (AvgIpc) is 2.29. The van der Waals surface area contributed by atoms with Crippen LogP contribution in [0.15, 0.2) is 0 Å². The fraction of sp³-hybridized carbons (Fsp3) is 1.00. The van der Waals surface area contributed by atoms with Crippen LogP contribution in [0.4, 0.5) is 0 Å². The van der Waals surface area contributed by atoms with E-state index < -0.39 is 0 Å². The average molecular weight is 246 g/mol. The normalized spacial score (nSPS) is 24.6. The van der Waals surface area contributed by atoms with Crippen molar-refractivity contribution in [3.8, 4) is 0 Å². The number of piperidine rings is 1. The van der Waals surface area contributed by atoms with Crippen molar-refractivity contribution in [3.63, 3.8) is 0 Å². The van der Waals surface area contributed by atoms with E-state index in [4.69, 9.17) is 11.6 Å². The van der Waals surface area contributed by atoms with E-state index in [0.717, 1.165) is 17.8 Å². The van der Waals surface area contributed by atoms with Gasteiger partial charge < -0.3 is 4.90 Å². The number of hydrogen-bond donors (Lipinski definition) is 0. The predicted octanol–water partition coefficient (Wildman–Crippen LogP) is 4.30. The van der Waals surface area contributed by atoms with Crippen LogP contribution in [0.1, 0.15) is 58.8 Å². The van der Waals surface area contributed by atoms with E-state index in [1.807, 2.05) is 0 Å². The summed E-state index contributed by atoms with van der Waals surface area (Å²) in [6.07, 6.45) is 9.50. The quantitative estimate of drug-likeness (QED) is 0.605. The van der Waals surface area contributed by atoms with Crippen LogP contribution < -0.4 is 0 Å². The van der Waals surface area contributed by atoms with Crippen LogP contribution >= 0.6 is 11.6 Å². The second kappa shape index (κ2) is 8.36. The highest BCUT2D eigenvalue weighted by Gasteiger charge is 2.21. The lowest BCUT2D eigenvalue weighted by atomic mass is 9.96. The van der Waals surface area contributed by atoms with E-state index in [0.29, 0.717) is 0 Å². The van der Waals surface area contributed by atoms with Gasteiger partial charge in [-0.1, -0.05) is 26.7 Å². The second-order valence-corrected chi connectivity index (χ2v) is 5.72. The molecule has 1 heterocycles.